The number of nitrogens with zero attached hydrogens (tertiary/aromatic N) is 1. The highest BCUT2D eigenvalue weighted by atomic mass is 35.5. The third-order valence-electron chi connectivity index (χ3n) is 6.84. The Hall–Kier alpha value is -4.19. The van der Waals surface area contributed by atoms with Crippen molar-refractivity contribution < 1.29 is 37.1 Å². The van der Waals surface area contributed by atoms with Gasteiger partial charge >= 0.3 is 6.18 Å². The van der Waals surface area contributed by atoms with Crippen molar-refractivity contribution in [1.29, 1.82) is 0 Å². The summed E-state index contributed by atoms with van der Waals surface area (Å²) in [5, 5.41) is 7.10. The lowest BCUT2D eigenvalue weighted by atomic mass is 9.85. The number of imide groups is 2. The van der Waals surface area contributed by atoms with Crippen molar-refractivity contribution in [2.24, 2.45) is 5.92 Å². The second kappa shape index (κ2) is 11.7. The molecule has 2 atom stereocenters. The van der Waals surface area contributed by atoms with Crippen molar-refractivity contribution in [3.63, 3.8) is 0 Å². The molecule has 2 aliphatic rings. The predicted octanol–water partition coefficient (Wildman–Crippen LogP) is 4.60. The Labute approximate surface area is 238 Å². The fourth-order valence-electron chi connectivity index (χ4n) is 4.77. The first-order valence-electron chi connectivity index (χ1n) is 12.7. The minimum atomic E-state index is -4.61. The van der Waals surface area contributed by atoms with Crippen molar-refractivity contribution in [3.05, 3.63) is 70.4 Å². The Balaban J connectivity index is 1.45. The number of hydrogen-bond donors (Lipinski definition) is 3. The maximum Gasteiger partial charge on any atom is 0.417 e. The molecule has 3 N–H and O–H groups in total. The summed E-state index contributed by atoms with van der Waals surface area (Å²) in [7, 11) is 0. The summed E-state index contributed by atoms with van der Waals surface area (Å²) in [6.07, 6.45) is -3.48. The molecule has 5 amide bonds. The van der Waals surface area contributed by atoms with Gasteiger partial charge < -0.3 is 10.6 Å². The molecule has 13 heteroatoms. The first kappa shape index (κ1) is 29.8. The molecule has 0 bridgehead atoms. The first-order chi connectivity index (χ1) is 19.2. The molecule has 2 aromatic carbocycles. The summed E-state index contributed by atoms with van der Waals surface area (Å²) in [4.78, 5) is 62.8. The molecule has 2 aliphatic heterocycles. The van der Waals surface area contributed by atoms with E-state index in [0.717, 1.165) is 34.7 Å². The number of halogens is 4. The van der Waals surface area contributed by atoms with E-state index in [1.807, 2.05) is 13.8 Å². The highest BCUT2D eigenvalue weighted by Crippen LogP contribution is 2.36. The molecular formula is C28H26ClF3N4O5. The third kappa shape index (κ3) is 6.76. The Morgan fingerprint density at radius 3 is 2.46 bits per heavy atom. The second-order valence-electron chi connectivity index (χ2n) is 10.1. The van der Waals surface area contributed by atoms with Crippen molar-refractivity contribution in [2.45, 2.75) is 51.2 Å². The van der Waals surface area contributed by atoms with E-state index >= 15 is 0 Å². The molecule has 0 radical (unpaired) electrons. The van der Waals surface area contributed by atoms with E-state index in [4.69, 9.17) is 11.6 Å². The Morgan fingerprint density at radius 1 is 1.10 bits per heavy atom. The molecule has 0 saturated carbocycles. The molecule has 41 heavy (non-hydrogen) atoms. The van der Waals surface area contributed by atoms with Gasteiger partial charge in [-0.25, -0.2) is 0 Å². The molecule has 9 nitrogen and oxygen atoms in total. The molecule has 0 spiro atoms. The van der Waals surface area contributed by atoms with E-state index in [1.54, 1.807) is 24.3 Å². The SMILES string of the molecule is CC(C)C(CC(=O)Nc1ccc(C(F)(F)F)c(Cl)c1)c1cccc(NC2=CC(=O)N(C3CCC(=O)NC3=O)C2=O)c1. The zero-order valence-corrected chi connectivity index (χ0v) is 22.7. The summed E-state index contributed by atoms with van der Waals surface area (Å²) >= 11 is 5.76. The van der Waals surface area contributed by atoms with Crippen molar-refractivity contribution in [2.75, 3.05) is 10.6 Å². The number of carbonyl (C=O) groups is 5. The topological polar surface area (TPSA) is 125 Å². The number of hydrogen-bond acceptors (Lipinski definition) is 6. The van der Waals surface area contributed by atoms with Gasteiger partial charge in [0.05, 0.1) is 10.6 Å². The Morgan fingerprint density at radius 2 is 1.83 bits per heavy atom. The van der Waals surface area contributed by atoms with Crippen LogP contribution < -0.4 is 16.0 Å². The molecule has 0 aromatic heterocycles. The summed E-state index contributed by atoms with van der Waals surface area (Å²) in [6, 6.07) is 8.79. The van der Waals surface area contributed by atoms with E-state index in [1.165, 1.54) is 0 Å². The monoisotopic (exact) mass is 590 g/mol. The van der Waals surface area contributed by atoms with Gasteiger partial charge in [0.15, 0.2) is 0 Å². The van der Waals surface area contributed by atoms with Crippen LogP contribution in [0.3, 0.4) is 0 Å². The van der Waals surface area contributed by atoms with E-state index in [2.05, 4.69) is 16.0 Å². The number of anilines is 2. The molecule has 2 aromatic rings. The third-order valence-corrected chi connectivity index (χ3v) is 7.15. The maximum atomic E-state index is 13.0. The van der Waals surface area contributed by atoms with Gasteiger partial charge in [-0.3, -0.25) is 34.2 Å². The zero-order valence-electron chi connectivity index (χ0n) is 22.0. The van der Waals surface area contributed by atoms with Gasteiger partial charge in [0, 0.05) is 30.3 Å². The largest absolute Gasteiger partial charge is 0.417 e. The quantitative estimate of drug-likeness (QED) is 0.386. The zero-order chi connectivity index (χ0) is 30.1. The Kier molecular flexibility index (Phi) is 8.52. The summed E-state index contributed by atoms with van der Waals surface area (Å²) < 4.78 is 38.9. The fraction of sp³-hybridized carbons (Fsp3) is 0.321. The average molecular weight is 591 g/mol. The highest BCUT2D eigenvalue weighted by Gasteiger charge is 2.42. The van der Waals surface area contributed by atoms with Gasteiger partial charge in [-0.2, -0.15) is 13.2 Å². The summed E-state index contributed by atoms with van der Waals surface area (Å²) in [5.41, 5.74) is 0.280. The molecule has 216 valence electrons. The summed E-state index contributed by atoms with van der Waals surface area (Å²) in [6.45, 7) is 3.82. The minimum Gasteiger partial charge on any atom is -0.351 e. The molecule has 1 fully saturated rings. The van der Waals surface area contributed by atoms with Crippen LogP contribution in [0.5, 0.6) is 0 Å². The number of rotatable bonds is 8. The molecule has 2 heterocycles. The van der Waals surface area contributed by atoms with Crippen LogP contribution in [-0.4, -0.2) is 40.5 Å². The number of amides is 5. The van der Waals surface area contributed by atoms with Gasteiger partial charge in [-0.15, -0.1) is 0 Å². The van der Waals surface area contributed by atoms with E-state index in [9.17, 15) is 37.1 Å². The Bertz CT molecular complexity index is 1460. The van der Waals surface area contributed by atoms with Gasteiger partial charge in [0.25, 0.3) is 11.8 Å². The van der Waals surface area contributed by atoms with Gasteiger partial charge in [0.1, 0.15) is 11.7 Å². The van der Waals surface area contributed by atoms with Crippen LogP contribution >= 0.6 is 11.6 Å². The standard InChI is InChI=1S/C28H26ClF3N4O5/c1-14(2)18(12-24(38)34-17-6-7-19(20(29)11-17)28(30,31)32)15-4-3-5-16(10-15)33-21-13-25(39)36(27(21)41)22-8-9-23(37)35-26(22)40/h3-7,10-11,13-14,18,22,33H,8-9,12H2,1-2H3,(H,34,38)(H,35,37,40). The highest BCUT2D eigenvalue weighted by molar-refractivity contribution is 6.31. The van der Waals surface area contributed by atoms with Gasteiger partial charge in [0.2, 0.25) is 17.7 Å². The number of carbonyl (C=O) groups excluding carboxylic acids is 5. The van der Waals surface area contributed by atoms with Crippen molar-refractivity contribution >= 4 is 52.5 Å². The van der Waals surface area contributed by atoms with E-state index in [0.29, 0.717) is 5.69 Å². The lowest BCUT2D eigenvalue weighted by Crippen LogP contribution is -2.54. The molecule has 2 unspecified atom stereocenters. The lowest BCUT2D eigenvalue weighted by molar-refractivity contribution is -0.149. The van der Waals surface area contributed by atoms with Crippen LogP contribution in [0.2, 0.25) is 5.02 Å². The molecule has 0 aliphatic carbocycles. The number of nitrogens with one attached hydrogen (secondary N) is 3. The van der Waals surface area contributed by atoms with E-state index < -0.39 is 52.3 Å². The maximum absolute atomic E-state index is 13.0. The number of piperidine rings is 1. The van der Waals surface area contributed by atoms with Crippen LogP contribution in [0.15, 0.2) is 54.2 Å². The van der Waals surface area contributed by atoms with Crippen LogP contribution in [0.4, 0.5) is 24.5 Å². The second-order valence-corrected chi connectivity index (χ2v) is 10.5. The smallest absolute Gasteiger partial charge is 0.351 e. The number of alkyl halides is 3. The van der Waals surface area contributed by atoms with Gasteiger partial charge in [-0.1, -0.05) is 37.6 Å². The van der Waals surface area contributed by atoms with E-state index in [-0.39, 0.29) is 42.5 Å². The predicted molar refractivity (Wildman–Crippen MR) is 143 cm³/mol. The van der Waals surface area contributed by atoms with Crippen molar-refractivity contribution in [3.8, 4) is 0 Å². The number of benzene rings is 2. The normalized spacial score (nSPS) is 18.4. The molecule has 1 saturated heterocycles. The average Bonchev–Trinajstić information content (AvgIpc) is 3.14. The van der Waals surface area contributed by atoms with Crippen LogP contribution in [-0.2, 0) is 30.1 Å². The lowest BCUT2D eigenvalue weighted by Gasteiger charge is -2.28. The first-order valence-corrected chi connectivity index (χ1v) is 13.1. The van der Waals surface area contributed by atoms with Crippen LogP contribution in [0, 0.1) is 5.92 Å². The van der Waals surface area contributed by atoms with Crippen LogP contribution in [0.25, 0.3) is 0 Å². The van der Waals surface area contributed by atoms with Crippen LogP contribution in [0.1, 0.15) is 50.2 Å². The molecular weight excluding hydrogens is 565 g/mol. The van der Waals surface area contributed by atoms with Crippen molar-refractivity contribution in [1.82, 2.24) is 10.2 Å². The summed E-state index contributed by atoms with van der Waals surface area (Å²) in [5.74, 6) is -3.33. The fourth-order valence-corrected chi connectivity index (χ4v) is 5.06. The molecule has 4 rings (SSSR count). The van der Waals surface area contributed by atoms with Gasteiger partial charge in [-0.05, 0) is 54.2 Å². The minimum absolute atomic E-state index is 0.00314.